The van der Waals surface area contributed by atoms with Crippen molar-refractivity contribution in [3.8, 4) is 11.3 Å². The molecule has 0 saturated carbocycles. The van der Waals surface area contributed by atoms with Crippen molar-refractivity contribution in [2.24, 2.45) is 0 Å². The van der Waals surface area contributed by atoms with Gasteiger partial charge in [-0.1, -0.05) is 103 Å². The lowest BCUT2D eigenvalue weighted by Gasteiger charge is -2.21. The second-order valence-corrected chi connectivity index (χ2v) is 11.3. The van der Waals surface area contributed by atoms with Gasteiger partial charge >= 0.3 is 0 Å². The van der Waals surface area contributed by atoms with Gasteiger partial charge in [0.15, 0.2) is 5.58 Å². The highest BCUT2D eigenvalue weighted by Crippen LogP contribution is 2.44. The van der Waals surface area contributed by atoms with E-state index in [9.17, 15) is 0 Å². The molecular weight excluding hydrogens is 524 g/mol. The van der Waals surface area contributed by atoms with Crippen molar-refractivity contribution >= 4 is 65.5 Å². The van der Waals surface area contributed by atoms with E-state index in [-0.39, 0.29) is 0 Å². The highest BCUT2D eigenvalue weighted by Gasteiger charge is 2.21. The van der Waals surface area contributed by atoms with Gasteiger partial charge in [0.25, 0.3) is 0 Å². The molecule has 5 aromatic carbocycles. The number of fused-ring (bicyclic) bond motifs is 7. The third kappa shape index (κ3) is 3.75. The van der Waals surface area contributed by atoms with Crippen LogP contribution in [0.1, 0.15) is 24.0 Å². The molecule has 0 fully saturated rings. The van der Waals surface area contributed by atoms with Crippen LogP contribution in [0.4, 0.5) is 0 Å². The van der Waals surface area contributed by atoms with Gasteiger partial charge in [-0.2, -0.15) is 0 Å². The van der Waals surface area contributed by atoms with Crippen molar-refractivity contribution in [2.75, 3.05) is 0 Å². The monoisotopic (exact) mass is 550 g/mol. The topological polar surface area (TPSA) is 38.9 Å². The summed E-state index contributed by atoms with van der Waals surface area (Å²) in [4.78, 5) is 9.73. The molecule has 1 aliphatic rings. The fraction of sp³-hybridized carbons (Fsp3) is 0.0500. The minimum absolute atomic E-state index is 0.774. The summed E-state index contributed by atoms with van der Waals surface area (Å²) in [6.45, 7) is 0. The van der Waals surface area contributed by atoms with E-state index in [4.69, 9.17) is 14.4 Å². The molecule has 0 saturated heterocycles. The van der Waals surface area contributed by atoms with Crippen LogP contribution in [-0.2, 0) is 0 Å². The Morgan fingerprint density at radius 1 is 0.488 bits per heavy atom. The molecule has 0 radical (unpaired) electrons. The molecular formula is C40H26N2O. The van der Waals surface area contributed by atoms with Crippen molar-refractivity contribution in [3.05, 3.63) is 145 Å². The summed E-state index contributed by atoms with van der Waals surface area (Å²) >= 11 is 0. The van der Waals surface area contributed by atoms with Crippen LogP contribution in [0.2, 0.25) is 0 Å². The molecule has 3 nitrogen and oxygen atoms in total. The maximum absolute atomic E-state index is 6.36. The minimum atomic E-state index is 0.774. The predicted molar refractivity (Wildman–Crippen MR) is 179 cm³/mol. The third-order valence-electron chi connectivity index (χ3n) is 8.90. The summed E-state index contributed by atoms with van der Waals surface area (Å²) in [5.74, 6) is 0. The maximum atomic E-state index is 6.36. The summed E-state index contributed by atoms with van der Waals surface area (Å²) in [6.07, 6.45) is 10.5. The molecule has 0 atom stereocenters. The molecule has 0 unspecified atom stereocenters. The van der Waals surface area contributed by atoms with Crippen LogP contribution in [0.15, 0.2) is 138 Å². The number of pyridine rings is 2. The Hall–Kier alpha value is -5.54. The van der Waals surface area contributed by atoms with Crippen molar-refractivity contribution in [1.82, 2.24) is 9.97 Å². The average Bonchev–Trinajstić information content (AvgIpc) is 3.46. The van der Waals surface area contributed by atoms with E-state index in [0.29, 0.717) is 0 Å². The Morgan fingerprint density at radius 2 is 1.09 bits per heavy atom. The van der Waals surface area contributed by atoms with Gasteiger partial charge in [0, 0.05) is 27.9 Å². The first-order valence-electron chi connectivity index (χ1n) is 14.8. The van der Waals surface area contributed by atoms with Crippen molar-refractivity contribution < 1.29 is 4.42 Å². The Kier molecular flexibility index (Phi) is 5.32. The Bertz CT molecular complexity index is 2390. The molecule has 3 heteroatoms. The Balaban J connectivity index is 1.28. The van der Waals surface area contributed by atoms with Gasteiger partial charge in [-0.05, 0) is 74.9 Å². The van der Waals surface area contributed by atoms with Gasteiger partial charge in [0.1, 0.15) is 5.58 Å². The fourth-order valence-electron chi connectivity index (χ4n) is 6.89. The van der Waals surface area contributed by atoms with Crippen molar-refractivity contribution in [2.45, 2.75) is 12.8 Å². The van der Waals surface area contributed by atoms with Gasteiger partial charge in [-0.3, -0.25) is 9.97 Å². The second kappa shape index (κ2) is 9.50. The normalized spacial score (nSPS) is 13.7. The lowest BCUT2D eigenvalue weighted by molar-refractivity contribution is 0.670. The summed E-state index contributed by atoms with van der Waals surface area (Å²) < 4.78 is 6.36. The summed E-state index contributed by atoms with van der Waals surface area (Å²) in [7, 11) is 0. The second-order valence-electron chi connectivity index (χ2n) is 11.3. The number of aromatic nitrogens is 2. The molecule has 0 amide bonds. The highest BCUT2D eigenvalue weighted by molar-refractivity contribution is 6.20. The van der Waals surface area contributed by atoms with Gasteiger partial charge < -0.3 is 4.42 Å². The zero-order chi connectivity index (χ0) is 28.3. The predicted octanol–water partition coefficient (Wildman–Crippen LogP) is 10.8. The minimum Gasteiger partial charge on any atom is -0.454 e. The smallest absolute Gasteiger partial charge is 0.153 e. The number of rotatable bonds is 3. The SMILES string of the molecule is C1=C(c2ccccc2)CCC(c2c3ccccc3c(-c3cc4c(cn3)oc3c5ccccc5ncc43)c3ccccc23)=C1. The number of para-hydroxylation sites is 1. The largest absolute Gasteiger partial charge is 0.454 e. The number of hydrogen-bond donors (Lipinski definition) is 0. The first-order chi connectivity index (χ1) is 21.3. The van der Waals surface area contributed by atoms with E-state index >= 15 is 0 Å². The van der Waals surface area contributed by atoms with Gasteiger partial charge in [-0.15, -0.1) is 0 Å². The number of hydrogen-bond acceptors (Lipinski definition) is 3. The van der Waals surface area contributed by atoms with E-state index in [1.807, 2.05) is 30.6 Å². The van der Waals surface area contributed by atoms with E-state index < -0.39 is 0 Å². The number of nitrogens with zero attached hydrogens (tertiary/aromatic N) is 2. The van der Waals surface area contributed by atoms with Gasteiger partial charge in [-0.25, -0.2) is 0 Å². The molecule has 9 rings (SSSR count). The van der Waals surface area contributed by atoms with Crippen molar-refractivity contribution in [1.29, 1.82) is 0 Å². The summed E-state index contributed by atoms with van der Waals surface area (Å²) in [5.41, 5.74) is 10.0. The molecule has 0 spiro atoms. The van der Waals surface area contributed by atoms with E-state index in [2.05, 4.69) is 103 Å². The summed E-state index contributed by atoms with van der Waals surface area (Å²) in [5, 5.41) is 7.98. The molecule has 43 heavy (non-hydrogen) atoms. The van der Waals surface area contributed by atoms with Crippen LogP contribution in [0.25, 0.3) is 76.8 Å². The average molecular weight is 551 g/mol. The Labute approximate surface area is 248 Å². The first kappa shape index (κ1) is 24.1. The lowest BCUT2D eigenvalue weighted by Crippen LogP contribution is -1.98. The maximum Gasteiger partial charge on any atom is 0.153 e. The van der Waals surface area contributed by atoms with Crippen LogP contribution in [0, 0.1) is 0 Å². The summed E-state index contributed by atoms with van der Waals surface area (Å²) in [6, 6.07) is 38.6. The van der Waals surface area contributed by atoms with Crippen LogP contribution in [0.3, 0.4) is 0 Å². The molecule has 0 N–H and O–H groups in total. The van der Waals surface area contributed by atoms with E-state index in [1.165, 1.54) is 43.8 Å². The molecule has 0 aliphatic heterocycles. The Morgan fingerprint density at radius 3 is 1.79 bits per heavy atom. The van der Waals surface area contributed by atoms with Gasteiger partial charge in [0.2, 0.25) is 0 Å². The molecule has 1 aliphatic carbocycles. The van der Waals surface area contributed by atoms with Gasteiger partial charge in [0.05, 0.1) is 17.4 Å². The molecule has 8 aromatic rings. The zero-order valence-electron chi connectivity index (χ0n) is 23.4. The lowest BCUT2D eigenvalue weighted by atomic mass is 9.83. The van der Waals surface area contributed by atoms with Crippen LogP contribution >= 0.6 is 0 Å². The van der Waals surface area contributed by atoms with Crippen LogP contribution in [-0.4, -0.2) is 9.97 Å². The highest BCUT2D eigenvalue weighted by atomic mass is 16.3. The fourth-order valence-corrected chi connectivity index (χ4v) is 6.89. The molecule has 3 heterocycles. The standard InChI is InChI=1S/C40H26N2O/c1-2-10-25(11-3-1)26-18-20-27(21-19-26)38-28-12-4-6-14-30(28)39(31-15-7-5-13-29(31)38)36-22-33-34-23-41-35-17-9-8-16-32(35)40(34)43-37(33)24-42-36/h1-18,20,22-24H,19,21H2. The molecule has 3 aromatic heterocycles. The molecule has 0 bridgehead atoms. The molecule has 202 valence electrons. The zero-order valence-corrected chi connectivity index (χ0v) is 23.4. The van der Waals surface area contributed by atoms with E-state index in [1.54, 1.807) is 0 Å². The number of furan rings is 1. The quantitative estimate of drug-likeness (QED) is 0.205. The third-order valence-corrected chi connectivity index (χ3v) is 8.90. The first-order valence-corrected chi connectivity index (χ1v) is 14.8. The van der Waals surface area contributed by atoms with Crippen molar-refractivity contribution in [3.63, 3.8) is 0 Å². The van der Waals surface area contributed by atoms with E-state index in [0.717, 1.165) is 56.9 Å². The number of benzene rings is 5. The van der Waals surface area contributed by atoms with Crippen LogP contribution < -0.4 is 0 Å². The number of allylic oxidation sites excluding steroid dienone is 4. The van der Waals surface area contributed by atoms with Crippen LogP contribution in [0.5, 0.6) is 0 Å².